The quantitative estimate of drug-likeness (QED) is 0.563. The van der Waals surface area contributed by atoms with Crippen LogP contribution in [-0.2, 0) is 19.4 Å². The van der Waals surface area contributed by atoms with Crippen LogP contribution in [0.2, 0.25) is 0 Å². The van der Waals surface area contributed by atoms with E-state index >= 15 is 0 Å². The number of halogens is 2. The molecule has 0 aliphatic carbocycles. The Labute approximate surface area is 115 Å². The van der Waals surface area contributed by atoms with E-state index in [1.165, 1.54) is 44.3 Å². The van der Waals surface area contributed by atoms with Crippen molar-refractivity contribution in [1.82, 2.24) is 0 Å². The van der Waals surface area contributed by atoms with Gasteiger partial charge in [0.25, 0.3) is 0 Å². The van der Waals surface area contributed by atoms with E-state index in [4.69, 9.17) is 5.73 Å². The van der Waals surface area contributed by atoms with Crippen molar-refractivity contribution in [2.24, 2.45) is 5.73 Å². The van der Waals surface area contributed by atoms with E-state index in [1.807, 2.05) is 0 Å². The molecule has 2 aliphatic heterocycles. The van der Waals surface area contributed by atoms with E-state index in [9.17, 15) is 0 Å². The van der Waals surface area contributed by atoms with Crippen molar-refractivity contribution < 1.29 is 24.8 Å². The fourth-order valence-electron chi connectivity index (χ4n) is 2.99. The Balaban J connectivity index is 0.000000722. The molecule has 3 rings (SSSR count). The van der Waals surface area contributed by atoms with E-state index in [0.717, 1.165) is 0 Å². The van der Waals surface area contributed by atoms with Crippen molar-refractivity contribution in [3.05, 3.63) is 28.8 Å². The fourth-order valence-corrected chi connectivity index (χ4v) is 2.99. The number of nitrogens with two attached hydrogens (primary N) is 1. The molecule has 0 atom stereocenters. The van der Waals surface area contributed by atoms with Gasteiger partial charge in [0, 0.05) is 25.3 Å². The van der Waals surface area contributed by atoms with Crippen molar-refractivity contribution in [3.8, 4) is 0 Å². The molecule has 2 nitrogen and oxygen atoms in total. The van der Waals surface area contributed by atoms with Crippen LogP contribution in [-0.4, -0.2) is 13.1 Å². The Bertz CT molecular complexity index is 362. The summed E-state index contributed by atoms with van der Waals surface area (Å²) in [6.07, 6.45) is 5.10. The molecule has 2 heterocycles. The number of hydrogen-bond donors (Lipinski definition) is 1. The lowest BCUT2D eigenvalue weighted by atomic mass is 9.90. The minimum Gasteiger partial charge on any atom is -1.00 e. The Kier molecular flexibility index (Phi) is 5.11. The molecule has 0 amide bonds. The van der Waals surface area contributed by atoms with Gasteiger partial charge in [0.05, 0.1) is 0 Å². The fraction of sp³-hybridized carbons (Fsp3) is 0.538. The van der Waals surface area contributed by atoms with Crippen molar-refractivity contribution in [2.45, 2.75) is 32.2 Å². The van der Waals surface area contributed by atoms with E-state index in [1.54, 1.807) is 16.8 Å². The molecule has 0 bridgehead atoms. The van der Waals surface area contributed by atoms with Gasteiger partial charge in [0.15, 0.2) is 0 Å². The summed E-state index contributed by atoms with van der Waals surface area (Å²) in [5, 5.41) is 0. The first-order valence-electron chi connectivity index (χ1n) is 5.98. The van der Waals surface area contributed by atoms with Crippen LogP contribution < -0.4 is 35.4 Å². The van der Waals surface area contributed by atoms with Gasteiger partial charge >= 0.3 is 0 Å². The van der Waals surface area contributed by atoms with Crippen LogP contribution in [0.3, 0.4) is 0 Å². The summed E-state index contributed by atoms with van der Waals surface area (Å²) in [6, 6.07) is 4.63. The Hall–Kier alpha value is -0.440. The monoisotopic (exact) mass is 272 g/mol. The maximum atomic E-state index is 5.75. The van der Waals surface area contributed by atoms with Gasteiger partial charge in [-0.25, -0.2) is 0 Å². The Morgan fingerprint density at radius 3 is 2.00 bits per heavy atom. The number of nitrogens with zero attached hydrogens (tertiary/aromatic N) is 1. The molecule has 1 aromatic rings. The number of benzene rings is 1. The van der Waals surface area contributed by atoms with Crippen molar-refractivity contribution in [3.63, 3.8) is 0 Å². The van der Waals surface area contributed by atoms with Gasteiger partial charge in [-0.3, -0.25) is 0 Å². The second-order valence-corrected chi connectivity index (χ2v) is 4.66. The first kappa shape index (κ1) is 14.6. The van der Waals surface area contributed by atoms with Gasteiger partial charge in [-0.05, 0) is 42.4 Å². The lowest BCUT2D eigenvalue weighted by Gasteiger charge is -2.37. The van der Waals surface area contributed by atoms with E-state index in [2.05, 4.69) is 17.0 Å². The van der Waals surface area contributed by atoms with Gasteiger partial charge in [-0.1, -0.05) is 12.1 Å². The van der Waals surface area contributed by atoms with Crippen LogP contribution in [0.4, 0.5) is 5.69 Å². The van der Waals surface area contributed by atoms with E-state index in [-0.39, 0.29) is 24.8 Å². The van der Waals surface area contributed by atoms with Gasteiger partial charge in [-0.15, -0.1) is 0 Å². The first-order valence-corrected chi connectivity index (χ1v) is 5.98. The smallest absolute Gasteiger partial charge is 0.0431 e. The summed E-state index contributed by atoms with van der Waals surface area (Å²) in [6.45, 7) is 3.18. The summed E-state index contributed by atoms with van der Waals surface area (Å²) in [7, 11) is 0. The topological polar surface area (TPSA) is 29.3 Å². The number of anilines is 1. The second-order valence-electron chi connectivity index (χ2n) is 4.66. The predicted octanol–water partition coefficient (Wildman–Crippen LogP) is -4.15. The average Bonchev–Trinajstić information content (AvgIpc) is 2.29. The molecule has 0 saturated carbocycles. The van der Waals surface area contributed by atoms with Crippen LogP contribution in [0.15, 0.2) is 12.1 Å². The molecule has 2 aliphatic rings. The third-order valence-corrected chi connectivity index (χ3v) is 3.63. The first-order chi connectivity index (χ1) is 7.38. The predicted molar refractivity (Wildman–Crippen MR) is 63.2 cm³/mol. The maximum absolute atomic E-state index is 5.75. The summed E-state index contributed by atoms with van der Waals surface area (Å²) in [5.41, 5.74) is 11.7. The van der Waals surface area contributed by atoms with Crippen molar-refractivity contribution in [1.29, 1.82) is 0 Å². The highest BCUT2D eigenvalue weighted by Gasteiger charge is 2.23. The molecule has 0 unspecified atom stereocenters. The molecule has 0 saturated heterocycles. The zero-order chi connectivity index (χ0) is 10.3. The highest BCUT2D eigenvalue weighted by atomic mass is 35.5. The maximum Gasteiger partial charge on any atom is 0.0431 e. The second kappa shape index (κ2) is 5.94. The lowest BCUT2D eigenvalue weighted by molar-refractivity contribution is -0.001000. The van der Waals surface area contributed by atoms with Gasteiger partial charge in [0.1, 0.15) is 0 Å². The van der Waals surface area contributed by atoms with E-state index < -0.39 is 0 Å². The molecule has 96 valence electrons. The summed E-state index contributed by atoms with van der Waals surface area (Å²) >= 11 is 0. The number of hydrogen-bond acceptors (Lipinski definition) is 2. The van der Waals surface area contributed by atoms with Gasteiger partial charge < -0.3 is 35.4 Å². The highest BCUT2D eigenvalue weighted by molar-refractivity contribution is 5.64. The van der Waals surface area contributed by atoms with Gasteiger partial charge in [0.2, 0.25) is 0 Å². The molecule has 0 radical (unpaired) electrons. The number of aryl methyl sites for hydroxylation is 2. The van der Waals surface area contributed by atoms with Crippen LogP contribution in [0.25, 0.3) is 0 Å². The Morgan fingerprint density at radius 2 is 1.53 bits per heavy atom. The Morgan fingerprint density at radius 1 is 1.00 bits per heavy atom. The van der Waals surface area contributed by atoms with Gasteiger partial charge in [-0.2, -0.15) is 0 Å². The summed E-state index contributed by atoms with van der Waals surface area (Å²) in [4.78, 5) is 2.57. The molecular formula is C13H18Cl2N2-2. The molecule has 17 heavy (non-hydrogen) atoms. The average molecular weight is 273 g/mol. The molecule has 0 fully saturated rings. The zero-order valence-corrected chi connectivity index (χ0v) is 11.4. The van der Waals surface area contributed by atoms with Crippen molar-refractivity contribution >= 4 is 5.69 Å². The molecule has 0 aromatic heterocycles. The standard InChI is InChI=1S/C13H18N2.2ClH/c14-9-10-7-11-3-1-5-15-6-2-4-12(8-10)13(11)15;;/h7-8H,1-6,9,14H2;2*1H/p-2. The summed E-state index contributed by atoms with van der Waals surface area (Å²) < 4.78 is 0. The van der Waals surface area contributed by atoms with E-state index in [0.29, 0.717) is 6.54 Å². The molecule has 0 spiro atoms. The van der Waals surface area contributed by atoms with Crippen LogP contribution in [0, 0.1) is 0 Å². The normalized spacial score (nSPS) is 16.6. The number of rotatable bonds is 1. The molecule has 1 aromatic carbocycles. The third kappa shape index (κ3) is 2.54. The minimum absolute atomic E-state index is 0. The SMILES string of the molecule is NCc1cc2c3c(c1)CCCN3CCC2.[Cl-].[Cl-]. The van der Waals surface area contributed by atoms with Crippen LogP contribution >= 0.6 is 0 Å². The molecule has 2 N–H and O–H groups in total. The zero-order valence-electron chi connectivity index (χ0n) is 9.88. The summed E-state index contributed by atoms with van der Waals surface area (Å²) in [5.74, 6) is 0. The molecular weight excluding hydrogens is 255 g/mol. The largest absolute Gasteiger partial charge is 1.00 e. The van der Waals surface area contributed by atoms with Crippen LogP contribution in [0.1, 0.15) is 29.5 Å². The highest BCUT2D eigenvalue weighted by Crippen LogP contribution is 2.35. The minimum atomic E-state index is 0. The lowest BCUT2D eigenvalue weighted by Crippen LogP contribution is -3.00. The molecule has 4 heteroatoms. The van der Waals surface area contributed by atoms with Crippen molar-refractivity contribution in [2.75, 3.05) is 18.0 Å². The van der Waals surface area contributed by atoms with Crippen LogP contribution in [0.5, 0.6) is 0 Å². The third-order valence-electron chi connectivity index (χ3n) is 3.63.